The fraction of sp³-hybridized carbons (Fsp3) is 0.263. The van der Waals surface area contributed by atoms with Crippen LogP contribution in [0.25, 0.3) is 21.8 Å². The molecule has 0 spiro atoms. The molecule has 0 atom stereocenters. The largest absolute Gasteiger partial charge is 0.353 e. The van der Waals surface area contributed by atoms with Gasteiger partial charge in [0.2, 0.25) is 5.91 Å². The predicted molar refractivity (Wildman–Crippen MR) is 97.3 cm³/mol. The fourth-order valence-corrected chi connectivity index (χ4v) is 2.87. The van der Waals surface area contributed by atoms with E-state index in [-0.39, 0.29) is 17.9 Å². The average molecular weight is 323 g/mol. The Morgan fingerprint density at radius 1 is 1.00 bits per heavy atom. The van der Waals surface area contributed by atoms with E-state index in [1.807, 2.05) is 72.1 Å². The monoisotopic (exact) mass is 323 g/mol. The quantitative estimate of drug-likeness (QED) is 0.729. The van der Waals surface area contributed by atoms with Crippen molar-refractivity contribution in [3.05, 3.63) is 58.8 Å². The fourth-order valence-electron chi connectivity index (χ4n) is 2.87. The molecule has 0 aliphatic rings. The summed E-state index contributed by atoms with van der Waals surface area (Å²) in [5.74, 6) is -0.0594. The normalized spacial score (nSPS) is 11.3. The van der Waals surface area contributed by atoms with Crippen LogP contribution < -0.4 is 10.7 Å². The second-order valence-electron chi connectivity index (χ2n) is 6.10. The molecule has 3 rings (SSSR count). The Morgan fingerprint density at radius 3 is 2.08 bits per heavy atom. The summed E-state index contributed by atoms with van der Waals surface area (Å²) in [6.07, 6.45) is 0. The van der Waals surface area contributed by atoms with Crippen LogP contribution in [0.4, 0.5) is 0 Å². The molecule has 1 N–H and O–H groups in total. The van der Waals surface area contributed by atoms with Crippen molar-refractivity contribution in [1.82, 2.24) is 14.8 Å². The molecule has 3 aromatic rings. The number of nitrogens with zero attached hydrogens (tertiary/aromatic N) is 2. The third kappa shape index (κ3) is 3.16. The van der Waals surface area contributed by atoms with Crippen molar-refractivity contribution in [3.8, 4) is 0 Å². The van der Waals surface area contributed by atoms with Gasteiger partial charge in [-0.3, -0.25) is 9.59 Å². The van der Waals surface area contributed by atoms with Crippen LogP contribution in [0.2, 0.25) is 0 Å². The van der Waals surface area contributed by atoms with Gasteiger partial charge in [-0.1, -0.05) is 24.3 Å². The molecular weight excluding hydrogens is 302 g/mol. The first-order valence-corrected chi connectivity index (χ1v) is 7.99. The maximum atomic E-state index is 12.7. The first-order chi connectivity index (χ1) is 11.6. The summed E-state index contributed by atoms with van der Waals surface area (Å²) in [5, 5.41) is 4.20. The molecule has 2 aromatic carbocycles. The van der Waals surface area contributed by atoms with Crippen molar-refractivity contribution in [3.63, 3.8) is 0 Å². The van der Waals surface area contributed by atoms with Gasteiger partial charge in [-0.15, -0.1) is 0 Å². The van der Waals surface area contributed by atoms with Gasteiger partial charge in [-0.25, -0.2) is 0 Å². The lowest BCUT2D eigenvalue weighted by molar-refractivity contribution is -0.121. The molecule has 1 aromatic heterocycles. The van der Waals surface area contributed by atoms with E-state index in [0.717, 1.165) is 17.6 Å². The number of rotatable bonds is 5. The van der Waals surface area contributed by atoms with Crippen LogP contribution in [0.3, 0.4) is 0 Å². The molecule has 0 radical (unpaired) electrons. The molecule has 24 heavy (non-hydrogen) atoms. The number of pyridine rings is 1. The Kier molecular flexibility index (Phi) is 4.62. The third-order valence-corrected chi connectivity index (χ3v) is 4.06. The molecule has 0 aliphatic carbocycles. The van der Waals surface area contributed by atoms with Crippen LogP contribution in [0.1, 0.15) is 0 Å². The maximum Gasteiger partial charge on any atom is 0.240 e. The molecule has 0 saturated carbocycles. The summed E-state index contributed by atoms with van der Waals surface area (Å²) >= 11 is 0. The molecule has 0 aliphatic heterocycles. The van der Waals surface area contributed by atoms with Crippen molar-refractivity contribution in [2.75, 3.05) is 27.2 Å². The van der Waals surface area contributed by atoms with Gasteiger partial charge in [0.25, 0.3) is 0 Å². The lowest BCUT2D eigenvalue weighted by atomic mass is 10.1. The Balaban J connectivity index is 2.03. The molecular formula is C19H21N3O2. The zero-order valence-corrected chi connectivity index (χ0v) is 14.0. The summed E-state index contributed by atoms with van der Waals surface area (Å²) in [6.45, 7) is 1.58. The predicted octanol–water partition coefficient (Wildman–Crippen LogP) is 1.83. The van der Waals surface area contributed by atoms with E-state index in [2.05, 4.69) is 5.32 Å². The molecule has 0 saturated heterocycles. The van der Waals surface area contributed by atoms with Crippen LogP contribution in [0.15, 0.2) is 53.3 Å². The first kappa shape index (κ1) is 16.2. The van der Waals surface area contributed by atoms with Crippen LogP contribution in [-0.4, -0.2) is 42.6 Å². The molecule has 5 heteroatoms. The van der Waals surface area contributed by atoms with Gasteiger partial charge in [0.1, 0.15) is 6.54 Å². The van der Waals surface area contributed by atoms with Gasteiger partial charge in [-0.2, -0.15) is 0 Å². The zero-order chi connectivity index (χ0) is 17.1. The third-order valence-electron chi connectivity index (χ3n) is 4.06. The zero-order valence-electron chi connectivity index (χ0n) is 14.0. The van der Waals surface area contributed by atoms with Crippen LogP contribution in [0, 0.1) is 0 Å². The first-order valence-electron chi connectivity index (χ1n) is 7.99. The maximum absolute atomic E-state index is 12.7. The SMILES string of the molecule is CN(C)CCNC(=O)Cn1c2ccccc2c(=O)c2ccccc21. The van der Waals surface area contributed by atoms with E-state index in [1.54, 1.807) is 0 Å². The molecule has 1 heterocycles. The van der Waals surface area contributed by atoms with Crippen LogP contribution in [0.5, 0.6) is 0 Å². The highest BCUT2D eigenvalue weighted by Crippen LogP contribution is 2.18. The second kappa shape index (κ2) is 6.84. The number of likely N-dealkylation sites (N-methyl/N-ethyl adjacent to an activating group) is 1. The lowest BCUT2D eigenvalue weighted by Gasteiger charge is -2.15. The van der Waals surface area contributed by atoms with Crippen molar-refractivity contribution in [2.45, 2.75) is 6.54 Å². The number of fused-ring (bicyclic) bond motifs is 2. The number of benzene rings is 2. The minimum atomic E-state index is -0.0594. The molecule has 0 bridgehead atoms. The average Bonchev–Trinajstić information content (AvgIpc) is 2.58. The van der Waals surface area contributed by atoms with Gasteiger partial charge in [0.15, 0.2) is 5.43 Å². The van der Waals surface area contributed by atoms with Crippen molar-refractivity contribution in [1.29, 1.82) is 0 Å². The molecule has 0 unspecified atom stereocenters. The summed E-state index contributed by atoms with van der Waals surface area (Å²) in [6, 6.07) is 14.9. The lowest BCUT2D eigenvalue weighted by Crippen LogP contribution is -2.34. The summed E-state index contributed by atoms with van der Waals surface area (Å²) in [4.78, 5) is 27.0. The Morgan fingerprint density at radius 2 is 1.54 bits per heavy atom. The van der Waals surface area contributed by atoms with Gasteiger partial charge < -0.3 is 14.8 Å². The van der Waals surface area contributed by atoms with E-state index < -0.39 is 0 Å². The van der Waals surface area contributed by atoms with Crippen LogP contribution in [-0.2, 0) is 11.3 Å². The summed E-state index contributed by atoms with van der Waals surface area (Å²) in [7, 11) is 3.93. The van der Waals surface area contributed by atoms with Gasteiger partial charge in [0.05, 0.1) is 11.0 Å². The number of carbonyl (C=O) groups excluding carboxylic acids is 1. The van der Waals surface area contributed by atoms with Crippen molar-refractivity contribution < 1.29 is 4.79 Å². The Labute approximate surface area is 140 Å². The minimum absolute atomic E-state index is 0.00506. The van der Waals surface area contributed by atoms with Crippen molar-refractivity contribution >= 4 is 27.7 Å². The Hall–Kier alpha value is -2.66. The molecule has 124 valence electrons. The smallest absolute Gasteiger partial charge is 0.240 e. The highest BCUT2D eigenvalue weighted by Gasteiger charge is 2.12. The van der Waals surface area contributed by atoms with Crippen LogP contribution >= 0.6 is 0 Å². The van der Waals surface area contributed by atoms with Gasteiger partial charge >= 0.3 is 0 Å². The summed E-state index contributed by atoms with van der Waals surface area (Å²) in [5.41, 5.74) is 1.57. The number of hydrogen-bond acceptors (Lipinski definition) is 3. The van der Waals surface area contributed by atoms with E-state index in [1.165, 1.54) is 0 Å². The highest BCUT2D eigenvalue weighted by molar-refractivity contribution is 5.94. The van der Waals surface area contributed by atoms with E-state index >= 15 is 0 Å². The van der Waals surface area contributed by atoms with Crippen molar-refractivity contribution in [2.24, 2.45) is 0 Å². The minimum Gasteiger partial charge on any atom is -0.353 e. The standard InChI is InChI=1S/C19H21N3O2/c1-21(2)12-11-20-18(23)13-22-16-9-5-3-7-14(16)19(24)15-8-4-6-10-17(15)22/h3-10H,11-13H2,1-2H3,(H,20,23). The topological polar surface area (TPSA) is 54.3 Å². The van der Waals surface area contributed by atoms with Gasteiger partial charge in [-0.05, 0) is 38.4 Å². The number of aromatic nitrogens is 1. The van der Waals surface area contributed by atoms with Gasteiger partial charge in [0, 0.05) is 23.9 Å². The second-order valence-corrected chi connectivity index (χ2v) is 6.10. The number of nitrogens with one attached hydrogen (secondary N) is 1. The number of carbonyl (C=O) groups is 1. The number of para-hydroxylation sites is 2. The highest BCUT2D eigenvalue weighted by atomic mass is 16.2. The van der Waals surface area contributed by atoms with E-state index in [4.69, 9.17) is 0 Å². The number of hydrogen-bond donors (Lipinski definition) is 1. The summed E-state index contributed by atoms with van der Waals surface area (Å²) < 4.78 is 1.91. The number of amides is 1. The molecule has 5 nitrogen and oxygen atoms in total. The molecule has 0 fully saturated rings. The molecule has 1 amide bonds. The van der Waals surface area contributed by atoms with E-state index in [0.29, 0.717) is 17.3 Å². The van der Waals surface area contributed by atoms with E-state index in [9.17, 15) is 9.59 Å². The Bertz CT molecular complexity index is 884.